The number of ketones is 1. The van der Waals surface area contributed by atoms with Crippen LogP contribution in [0.3, 0.4) is 0 Å². The Hall–Kier alpha value is -1.39. The van der Waals surface area contributed by atoms with Gasteiger partial charge in [0.05, 0.1) is 31.3 Å². The minimum Gasteiger partial charge on any atom is -0.492 e. The van der Waals surface area contributed by atoms with Crippen molar-refractivity contribution >= 4 is 5.78 Å². The zero-order valence-corrected chi connectivity index (χ0v) is 11.2. The van der Waals surface area contributed by atoms with E-state index in [2.05, 4.69) is 4.90 Å². The molecule has 2 aliphatic rings. The van der Waals surface area contributed by atoms with Gasteiger partial charge in [-0.2, -0.15) is 0 Å². The Morgan fingerprint density at radius 1 is 1.32 bits per heavy atom. The second-order valence-electron chi connectivity index (χ2n) is 5.28. The summed E-state index contributed by atoms with van der Waals surface area (Å²) in [6.07, 6.45) is 0. The van der Waals surface area contributed by atoms with E-state index in [-0.39, 0.29) is 11.7 Å². The summed E-state index contributed by atoms with van der Waals surface area (Å²) in [5.41, 5.74) is 1.85. The van der Waals surface area contributed by atoms with Gasteiger partial charge < -0.3 is 9.47 Å². The summed E-state index contributed by atoms with van der Waals surface area (Å²) < 4.78 is 11.1. The highest BCUT2D eigenvalue weighted by Gasteiger charge is 2.30. The summed E-state index contributed by atoms with van der Waals surface area (Å²) in [6, 6.07) is 5.80. The van der Waals surface area contributed by atoms with E-state index in [9.17, 15) is 4.79 Å². The molecular formula is C15H19NO3. The molecule has 4 heteroatoms. The maximum atomic E-state index is 12.5. The Morgan fingerprint density at radius 2 is 2.11 bits per heavy atom. The molecule has 1 aromatic carbocycles. The molecule has 3 rings (SSSR count). The summed E-state index contributed by atoms with van der Waals surface area (Å²) in [5, 5.41) is 0. The fourth-order valence-electron chi connectivity index (χ4n) is 2.67. The van der Waals surface area contributed by atoms with Gasteiger partial charge in [0.25, 0.3) is 0 Å². The maximum Gasteiger partial charge on any atom is 0.174 e. The number of benzene rings is 1. The highest BCUT2D eigenvalue weighted by Crippen LogP contribution is 2.28. The fraction of sp³-hybridized carbons (Fsp3) is 0.533. The van der Waals surface area contributed by atoms with Crippen LogP contribution in [0.4, 0.5) is 0 Å². The van der Waals surface area contributed by atoms with Crippen LogP contribution < -0.4 is 4.74 Å². The van der Waals surface area contributed by atoms with Crippen LogP contribution in [0, 0.1) is 12.8 Å². The van der Waals surface area contributed by atoms with Gasteiger partial charge in [-0.3, -0.25) is 9.69 Å². The lowest BCUT2D eigenvalue weighted by Crippen LogP contribution is -2.43. The van der Waals surface area contributed by atoms with Crippen molar-refractivity contribution in [1.82, 2.24) is 4.90 Å². The average Bonchev–Trinajstić information content (AvgIpc) is 2.43. The van der Waals surface area contributed by atoms with E-state index >= 15 is 0 Å². The van der Waals surface area contributed by atoms with Crippen molar-refractivity contribution in [1.29, 1.82) is 0 Å². The molecule has 2 aliphatic heterocycles. The molecule has 1 aromatic rings. The van der Waals surface area contributed by atoms with Gasteiger partial charge in [-0.1, -0.05) is 6.07 Å². The molecule has 0 aromatic heterocycles. The molecule has 0 N–H and O–H groups in total. The standard InChI is InChI=1S/C15H19NO3/c1-11-2-3-13-14(8-11)19-10-12(15(13)17)9-16-4-6-18-7-5-16/h2-3,8,12H,4-7,9-10H2,1H3/t12-/m0/s1. The second-order valence-corrected chi connectivity index (χ2v) is 5.28. The van der Waals surface area contributed by atoms with E-state index in [1.807, 2.05) is 25.1 Å². The Labute approximate surface area is 113 Å². The third-order valence-electron chi connectivity index (χ3n) is 3.80. The summed E-state index contributed by atoms with van der Waals surface area (Å²) in [6.45, 7) is 6.61. The van der Waals surface area contributed by atoms with E-state index in [1.54, 1.807) is 0 Å². The fourth-order valence-corrected chi connectivity index (χ4v) is 2.67. The van der Waals surface area contributed by atoms with Gasteiger partial charge in [0.15, 0.2) is 5.78 Å². The minimum atomic E-state index is -0.0479. The first-order valence-electron chi connectivity index (χ1n) is 6.82. The van der Waals surface area contributed by atoms with Gasteiger partial charge in [0, 0.05) is 19.6 Å². The Morgan fingerprint density at radius 3 is 2.89 bits per heavy atom. The third kappa shape index (κ3) is 2.65. The normalized spacial score (nSPS) is 23.8. The Bertz CT molecular complexity index is 480. The number of Topliss-reactive ketones (excluding diaryl/α,β-unsaturated/α-hetero) is 1. The summed E-state index contributed by atoms with van der Waals surface area (Å²) in [5.74, 6) is 0.907. The third-order valence-corrected chi connectivity index (χ3v) is 3.80. The lowest BCUT2D eigenvalue weighted by molar-refractivity contribution is 0.0250. The van der Waals surface area contributed by atoms with Crippen LogP contribution in [0.1, 0.15) is 15.9 Å². The monoisotopic (exact) mass is 261 g/mol. The predicted octanol–water partition coefficient (Wildman–Crippen LogP) is 1.52. The van der Waals surface area contributed by atoms with E-state index in [0.29, 0.717) is 6.61 Å². The van der Waals surface area contributed by atoms with Gasteiger partial charge in [0.2, 0.25) is 0 Å². The van der Waals surface area contributed by atoms with Crippen LogP contribution in [0.5, 0.6) is 5.75 Å². The average molecular weight is 261 g/mol. The predicted molar refractivity (Wildman–Crippen MR) is 71.8 cm³/mol. The number of aryl methyl sites for hydroxylation is 1. The lowest BCUT2D eigenvalue weighted by Gasteiger charge is -2.32. The zero-order chi connectivity index (χ0) is 13.2. The summed E-state index contributed by atoms with van der Waals surface area (Å²) in [4.78, 5) is 14.8. The zero-order valence-electron chi connectivity index (χ0n) is 11.2. The molecule has 0 radical (unpaired) electrons. The first-order chi connectivity index (χ1) is 9.24. The molecule has 4 nitrogen and oxygen atoms in total. The first kappa shape index (κ1) is 12.6. The van der Waals surface area contributed by atoms with Crippen LogP contribution in [0.2, 0.25) is 0 Å². The maximum absolute atomic E-state index is 12.5. The number of hydrogen-bond donors (Lipinski definition) is 0. The topological polar surface area (TPSA) is 38.8 Å². The number of fused-ring (bicyclic) bond motifs is 1. The van der Waals surface area contributed by atoms with Crippen molar-refractivity contribution in [3.63, 3.8) is 0 Å². The first-order valence-corrected chi connectivity index (χ1v) is 6.82. The van der Waals surface area contributed by atoms with Crippen molar-refractivity contribution in [2.24, 2.45) is 5.92 Å². The van der Waals surface area contributed by atoms with Crippen molar-refractivity contribution < 1.29 is 14.3 Å². The van der Waals surface area contributed by atoms with E-state index in [0.717, 1.165) is 49.7 Å². The van der Waals surface area contributed by atoms with Crippen LogP contribution in [-0.4, -0.2) is 50.1 Å². The number of carbonyl (C=O) groups is 1. The molecule has 1 saturated heterocycles. The van der Waals surface area contributed by atoms with Gasteiger partial charge in [-0.05, 0) is 24.6 Å². The van der Waals surface area contributed by atoms with Crippen LogP contribution in [0.25, 0.3) is 0 Å². The lowest BCUT2D eigenvalue weighted by atomic mass is 9.93. The summed E-state index contributed by atoms with van der Waals surface area (Å²) >= 11 is 0. The molecule has 1 fully saturated rings. The van der Waals surface area contributed by atoms with E-state index in [1.165, 1.54) is 0 Å². The summed E-state index contributed by atoms with van der Waals surface area (Å²) in [7, 11) is 0. The molecule has 0 amide bonds. The molecule has 2 heterocycles. The van der Waals surface area contributed by atoms with Gasteiger partial charge in [0.1, 0.15) is 5.75 Å². The SMILES string of the molecule is Cc1ccc2c(c1)OC[C@H](CN1CCOCC1)C2=O. The molecule has 0 spiro atoms. The number of hydrogen-bond acceptors (Lipinski definition) is 4. The number of carbonyl (C=O) groups excluding carboxylic acids is 1. The second kappa shape index (κ2) is 5.31. The van der Waals surface area contributed by atoms with E-state index < -0.39 is 0 Å². The molecule has 0 bridgehead atoms. The van der Waals surface area contributed by atoms with Gasteiger partial charge in [-0.25, -0.2) is 0 Å². The molecule has 0 saturated carbocycles. The van der Waals surface area contributed by atoms with Crippen LogP contribution >= 0.6 is 0 Å². The number of ether oxygens (including phenoxy) is 2. The molecule has 1 atom stereocenters. The number of rotatable bonds is 2. The van der Waals surface area contributed by atoms with Crippen molar-refractivity contribution in [3.05, 3.63) is 29.3 Å². The molecule has 0 aliphatic carbocycles. The van der Waals surface area contributed by atoms with Crippen LogP contribution in [-0.2, 0) is 4.74 Å². The van der Waals surface area contributed by atoms with Crippen molar-refractivity contribution in [2.45, 2.75) is 6.92 Å². The van der Waals surface area contributed by atoms with E-state index in [4.69, 9.17) is 9.47 Å². The Kier molecular flexibility index (Phi) is 3.53. The smallest absolute Gasteiger partial charge is 0.174 e. The molecule has 102 valence electrons. The minimum absolute atomic E-state index is 0.0479. The molecular weight excluding hydrogens is 242 g/mol. The molecule has 0 unspecified atom stereocenters. The van der Waals surface area contributed by atoms with Gasteiger partial charge in [-0.15, -0.1) is 0 Å². The highest BCUT2D eigenvalue weighted by atomic mass is 16.5. The highest BCUT2D eigenvalue weighted by molar-refractivity contribution is 6.01. The quantitative estimate of drug-likeness (QED) is 0.809. The van der Waals surface area contributed by atoms with Crippen LogP contribution in [0.15, 0.2) is 18.2 Å². The van der Waals surface area contributed by atoms with Gasteiger partial charge >= 0.3 is 0 Å². The number of nitrogens with zero attached hydrogens (tertiary/aromatic N) is 1. The van der Waals surface area contributed by atoms with Crippen molar-refractivity contribution in [2.75, 3.05) is 39.5 Å². The van der Waals surface area contributed by atoms with Crippen molar-refractivity contribution in [3.8, 4) is 5.75 Å². The Balaban J connectivity index is 1.72. The largest absolute Gasteiger partial charge is 0.492 e. The molecule has 19 heavy (non-hydrogen) atoms. The number of morpholine rings is 1.